The zero-order chi connectivity index (χ0) is 14.8. The van der Waals surface area contributed by atoms with Gasteiger partial charge in [-0.2, -0.15) is 0 Å². The number of hydrogen-bond acceptors (Lipinski definition) is 4. The summed E-state index contributed by atoms with van der Waals surface area (Å²) < 4.78 is 10.6. The van der Waals surface area contributed by atoms with Gasteiger partial charge in [-0.1, -0.05) is 19.3 Å². The Kier molecular flexibility index (Phi) is 3.99. The van der Waals surface area contributed by atoms with Gasteiger partial charge in [0.1, 0.15) is 17.6 Å². The number of carbonyl (C=O) groups is 1. The summed E-state index contributed by atoms with van der Waals surface area (Å²) in [6.07, 6.45) is 5.64. The molecule has 0 spiro atoms. The van der Waals surface area contributed by atoms with E-state index in [1.807, 2.05) is 4.90 Å². The Morgan fingerprint density at radius 1 is 1.24 bits per heavy atom. The summed E-state index contributed by atoms with van der Waals surface area (Å²) in [5.74, 6) is 1.55. The van der Waals surface area contributed by atoms with E-state index in [1.165, 1.54) is 25.3 Å². The van der Waals surface area contributed by atoms with E-state index in [0.717, 1.165) is 12.8 Å². The van der Waals surface area contributed by atoms with Crippen molar-refractivity contribution in [2.75, 3.05) is 13.1 Å². The third-order valence-electron chi connectivity index (χ3n) is 4.28. The first-order valence-corrected chi connectivity index (χ1v) is 7.69. The summed E-state index contributed by atoms with van der Waals surface area (Å²) in [6.45, 7) is 2.96. The molecule has 1 aromatic heterocycles. The highest BCUT2D eigenvalue weighted by Crippen LogP contribution is 2.28. The minimum Gasteiger partial charge on any atom is -0.486 e. The van der Waals surface area contributed by atoms with Gasteiger partial charge in [0, 0.05) is 12.0 Å². The lowest BCUT2D eigenvalue weighted by Gasteiger charge is -2.41. The van der Waals surface area contributed by atoms with Gasteiger partial charge in [0.05, 0.1) is 19.2 Å². The summed E-state index contributed by atoms with van der Waals surface area (Å²) in [6, 6.07) is 3.05. The van der Waals surface area contributed by atoms with Gasteiger partial charge in [0.15, 0.2) is 0 Å². The number of carbonyl (C=O) groups excluding carboxylic acids is 1. The van der Waals surface area contributed by atoms with Crippen LogP contribution in [-0.4, -0.2) is 30.0 Å². The Balaban J connectivity index is 1.51. The van der Waals surface area contributed by atoms with Crippen molar-refractivity contribution in [2.24, 2.45) is 5.92 Å². The fraction of sp³-hybridized carbons (Fsp3) is 0.625. The standard InChI is InChI=1S/C16H21NO4/c1-11-7-13(8-15(18)20-11)21-14-9-17(10-14)16(19)12-5-3-2-4-6-12/h7-8,12,14H,2-6,9-10H2,1H3. The Labute approximate surface area is 123 Å². The van der Waals surface area contributed by atoms with Gasteiger partial charge in [-0.3, -0.25) is 4.79 Å². The number of rotatable bonds is 3. The molecule has 1 amide bonds. The van der Waals surface area contributed by atoms with E-state index < -0.39 is 5.63 Å². The fourth-order valence-electron chi connectivity index (χ4n) is 3.14. The smallest absolute Gasteiger partial charge is 0.339 e. The molecule has 2 heterocycles. The number of hydrogen-bond donors (Lipinski definition) is 0. The molecule has 21 heavy (non-hydrogen) atoms. The Hall–Kier alpha value is -1.78. The lowest BCUT2D eigenvalue weighted by molar-refractivity contribution is -0.145. The van der Waals surface area contributed by atoms with Crippen LogP contribution in [0.25, 0.3) is 0 Å². The molecule has 0 radical (unpaired) electrons. The molecule has 2 aliphatic rings. The number of ether oxygens (including phenoxy) is 1. The number of likely N-dealkylation sites (tertiary alicyclic amines) is 1. The first kappa shape index (κ1) is 14.2. The molecule has 3 rings (SSSR count). The maximum absolute atomic E-state index is 12.3. The monoisotopic (exact) mass is 291 g/mol. The van der Waals surface area contributed by atoms with E-state index in [4.69, 9.17) is 9.15 Å². The molecule has 114 valence electrons. The maximum atomic E-state index is 12.3. The predicted molar refractivity (Wildman–Crippen MR) is 77.3 cm³/mol. The molecule has 2 fully saturated rings. The van der Waals surface area contributed by atoms with Gasteiger partial charge in [-0.15, -0.1) is 0 Å². The van der Waals surface area contributed by atoms with E-state index >= 15 is 0 Å². The average molecular weight is 291 g/mol. The number of amides is 1. The van der Waals surface area contributed by atoms with Crippen LogP contribution in [0, 0.1) is 12.8 Å². The van der Waals surface area contributed by atoms with Crippen molar-refractivity contribution in [3.05, 3.63) is 28.3 Å². The second-order valence-corrected chi connectivity index (χ2v) is 6.04. The highest BCUT2D eigenvalue weighted by Gasteiger charge is 2.36. The van der Waals surface area contributed by atoms with E-state index in [0.29, 0.717) is 24.6 Å². The van der Waals surface area contributed by atoms with Crippen LogP contribution < -0.4 is 10.4 Å². The highest BCUT2D eigenvalue weighted by atomic mass is 16.5. The normalized spacial score (nSPS) is 20.1. The molecule has 1 saturated heterocycles. The summed E-state index contributed by atoms with van der Waals surface area (Å²) in [5, 5.41) is 0. The summed E-state index contributed by atoms with van der Waals surface area (Å²) >= 11 is 0. The van der Waals surface area contributed by atoms with Gasteiger partial charge in [0.2, 0.25) is 5.91 Å². The van der Waals surface area contributed by atoms with Crippen molar-refractivity contribution in [3.63, 3.8) is 0 Å². The minimum absolute atomic E-state index is 0.0151. The fourth-order valence-corrected chi connectivity index (χ4v) is 3.14. The van der Waals surface area contributed by atoms with Crippen molar-refractivity contribution < 1.29 is 13.9 Å². The number of nitrogens with zero attached hydrogens (tertiary/aromatic N) is 1. The van der Waals surface area contributed by atoms with Crippen molar-refractivity contribution in [3.8, 4) is 5.75 Å². The van der Waals surface area contributed by atoms with Gasteiger partial charge >= 0.3 is 5.63 Å². The Morgan fingerprint density at radius 3 is 2.62 bits per heavy atom. The van der Waals surface area contributed by atoms with Gasteiger partial charge in [-0.25, -0.2) is 4.79 Å². The molecule has 0 atom stereocenters. The molecule has 1 aliphatic heterocycles. The van der Waals surface area contributed by atoms with Crippen LogP contribution in [0.1, 0.15) is 37.9 Å². The topological polar surface area (TPSA) is 59.8 Å². The molecule has 1 aliphatic carbocycles. The lowest BCUT2D eigenvalue weighted by Crippen LogP contribution is -2.57. The largest absolute Gasteiger partial charge is 0.486 e. The van der Waals surface area contributed by atoms with Crippen LogP contribution in [0.15, 0.2) is 21.3 Å². The quantitative estimate of drug-likeness (QED) is 0.856. The third kappa shape index (κ3) is 3.28. The van der Waals surface area contributed by atoms with E-state index in [9.17, 15) is 9.59 Å². The third-order valence-corrected chi connectivity index (χ3v) is 4.28. The molecular weight excluding hydrogens is 270 g/mol. The van der Waals surface area contributed by atoms with Crippen LogP contribution in [-0.2, 0) is 4.79 Å². The van der Waals surface area contributed by atoms with Crippen molar-refractivity contribution >= 4 is 5.91 Å². The van der Waals surface area contributed by atoms with Crippen LogP contribution >= 0.6 is 0 Å². The first-order valence-electron chi connectivity index (χ1n) is 7.69. The minimum atomic E-state index is -0.403. The first-order chi connectivity index (χ1) is 10.1. The SMILES string of the molecule is Cc1cc(OC2CN(C(=O)C3CCCCC3)C2)cc(=O)o1. The van der Waals surface area contributed by atoms with E-state index in [2.05, 4.69) is 0 Å². The second kappa shape index (κ2) is 5.92. The van der Waals surface area contributed by atoms with Crippen molar-refractivity contribution in [2.45, 2.75) is 45.1 Å². The lowest BCUT2D eigenvalue weighted by atomic mass is 9.87. The molecule has 0 aromatic carbocycles. The van der Waals surface area contributed by atoms with E-state index in [-0.39, 0.29) is 17.9 Å². The Bertz CT molecular complexity index is 568. The summed E-state index contributed by atoms with van der Waals surface area (Å²) in [5.41, 5.74) is -0.403. The summed E-state index contributed by atoms with van der Waals surface area (Å²) in [4.78, 5) is 25.4. The zero-order valence-electron chi connectivity index (χ0n) is 12.3. The molecular formula is C16H21NO4. The summed E-state index contributed by atoms with van der Waals surface area (Å²) in [7, 11) is 0. The average Bonchev–Trinajstić information content (AvgIpc) is 2.41. The van der Waals surface area contributed by atoms with Crippen molar-refractivity contribution in [1.29, 1.82) is 0 Å². The highest BCUT2D eigenvalue weighted by molar-refractivity contribution is 5.79. The van der Waals surface area contributed by atoms with Crippen LogP contribution in [0.5, 0.6) is 5.75 Å². The maximum Gasteiger partial charge on any atom is 0.339 e. The van der Waals surface area contributed by atoms with E-state index in [1.54, 1.807) is 13.0 Å². The molecule has 0 N–H and O–H groups in total. The molecule has 5 nitrogen and oxygen atoms in total. The van der Waals surface area contributed by atoms with Gasteiger partial charge < -0.3 is 14.1 Å². The molecule has 0 unspecified atom stereocenters. The Morgan fingerprint density at radius 2 is 1.95 bits per heavy atom. The second-order valence-electron chi connectivity index (χ2n) is 6.04. The molecule has 0 bridgehead atoms. The van der Waals surface area contributed by atoms with Gasteiger partial charge in [-0.05, 0) is 19.8 Å². The predicted octanol–water partition coefficient (Wildman–Crippen LogP) is 2.12. The molecule has 1 saturated carbocycles. The van der Waals surface area contributed by atoms with Gasteiger partial charge in [0.25, 0.3) is 0 Å². The van der Waals surface area contributed by atoms with Crippen molar-refractivity contribution in [1.82, 2.24) is 4.90 Å². The zero-order valence-corrected chi connectivity index (χ0v) is 12.3. The molecule has 5 heteroatoms. The van der Waals surface area contributed by atoms with Crippen LogP contribution in [0.3, 0.4) is 0 Å². The number of aryl methyl sites for hydroxylation is 1. The molecule has 1 aromatic rings. The van der Waals surface area contributed by atoms with Crippen LogP contribution in [0.4, 0.5) is 0 Å². The van der Waals surface area contributed by atoms with Crippen LogP contribution in [0.2, 0.25) is 0 Å².